The zero-order chi connectivity index (χ0) is 18.8. The number of halogens is 2. The number of rotatable bonds is 3. The number of fused-ring (bicyclic) bond motifs is 1. The molecule has 1 unspecified atom stereocenters. The van der Waals surface area contributed by atoms with E-state index in [1.165, 1.54) is 0 Å². The van der Waals surface area contributed by atoms with Gasteiger partial charge in [-0.15, -0.1) is 0 Å². The first-order valence-electron chi connectivity index (χ1n) is 8.94. The molecule has 2 aliphatic heterocycles. The van der Waals surface area contributed by atoms with Crippen LogP contribution in [0.5, 0.6) is 5.75 Å². The summed E-state index contributed by atoms with van der Waals surface area (Å²) in [5.74, 6) is 0.421. The van der Waals surface area contributed by atoms with Gasteiger partial charge in [0.25, 0.3) is 0 Å². The summed E-state index contributed by atoms with van der Waals surface area (Å²) in [6.07, 6.45) is 0.592. The molecule has 27 heavy (non-hydrogen) atoms. The highest BCUT2D eigenvalue weighted by Gasteiger charge is 2.27. The van der Waals surface area contributed by atoms with Gasteiger partial charge in [-0.1, -0.05) is 23.2 Å². The van der Waals surface area contributed by atoms with Gasteiger partial charge < -0.3 is 19.7 Å². The molecule has 1 atom stereocenters. The first-order valence-corrected chi connectivity index (χ1v) is 9.70. The molecule has 0 saturated carbocycles. The van der Waals surface area contributed by atoms with E-state index in [0.717, 1.165) is 30.1 Å². The molecule has 0 spiro atoms. The van der Waals surface area contributed by atoms with Crippen molar-refractivity contribution >= 4 is 40.5 Å². The molecule has 1 amide bonds. The zero-order valence-electron chi connectivity index (χ0n) is 14.7. The van der Waals surface area contributed by atoms with Crippen LogP contribution in [0.15, 0.2) is 36.4 Å². The number of hydrogen-bond donors (Lipinski definition) is 1. The Morgan fingerprint density at radius 2 is 1.81 bits per heavy atom. The summed E-state index contributed by atoms with van der Waals surface area (Å²) in [5, 5.41) is 4.27. The van der Waals surface area contributed by atoms with E-state index in [2.05, 4.69) is 10.2 Å². The van der Waals surface area contributed by atoms with E-state index in [0.29, 0.717) is 42.0 Å². The Balaban J connectivity index is 1.52. The van der Waals surface area contributed by atoms with Crippen molar-refractivity contribution in [3.05, 3.63) is 52.0 Å². The molecule has 2 aromatic rings. The van der Waals surface area contributed by atoms with Crippen LogP contribution in [0.4, 0.5) is 11.4 Å². The van der Waals surface area contributed by atoms with Crippen molar-refractivity contribution in [2.24, 2.45) is 5.92 Å². The van der Waals surface area contributed by atoms with Gasteiger partial charge in [0.1, 0.15) is 12.4 Å². The van der Waals surface area contributed by atoms with E-state index in [4.69, 9.17) is 32.7 Å². The van der Waals surface area contributed by atoms with E-state index in [1.807, 2.05) is 24.3 Å². The molecule has 4 rings (SSSR count). The molecule has 0 aromatic heterocycles. The van der Waals surface area contributed by atoms with Crippen LogP contribution in [-0.4, -0.2) is 38.8 Å². The van der Waals surface area contributed by atoms with Crippen molar-refractivity contribution in [1.82, 2.24) is 0 Å². The second-order valence-corrected chi connectivity index (χ2v) is 7.59. The lowest BCUT2D eigenvalue weighted by Crippen LogP contribution is -2.37. The predicted octanol–water partition coefficient (Wildman–Crippen LogP) is 4.02. The van der Waals surface area contributed by atoms with Crippen molar-refractivity contribution in [3.63, 3.8) is 0 Å². The average molecular weight is 407 g/mol. The van der Waals surface area contributed by atoms with Gasteiger partial charge in [-0.2, -0.15) is 0 Å². The van der Waals surface area contributed by atoms with E-state index in [9.17, 15) is 4.79 Å². The van der Waals surface area contributed by atoms with Crippen LogP contribution < -0.4 is 15.0 Å². The Kier molecular flexibility index (Phi) is 5.43. The molecule has 1 fully saturated rings. The van der Waals surface area contributed by atoms with Gasteiger partial charge in [-0.25, -0.2) is 0 Å². The number of amides is 1. The Morgan fingerprint density at radius 3 is 2.63 bits per heavy atom. The Morgan fingerprint density at radius 1 is 1.07 bits per heavy atom. The Labute approximate surface area is 168 Å². The summed E-state index contributed by atoms with van der Waals surface area (Å²) >= 11 is 12.2. The van der Waals surface area contributed by atoms with Crippen molar-refractivity contribution in [1.29, 1.82) is 0 Å². The molecule has 0 radical (unpaired) electrons. The molecule has 0 bridgehead atoms. The third kappa shape index (κ3) is 4.15. The molecule has 1 saturated heterocycles. The van der Waals surface area contributed by atoms with Gasteiger partial charge in [-0.05, 0) is 48.4 Å². The van der Waals surface area contributed by atoms with Gasteiger partial charge in [0, 0.05) is 23.1 Å². The number of nitrogens with zero attached hydrogens (tertiary/aromatic N) is 1. The smallest absolute Gasteiger partial charge is 0.231 e. The minimum atomic E-state index is -0.285. The number of anilines is 2. The molecule has 0 aliphatic carbocycles. The molecule has 7 heteroatoms. The minimum Gasteiger partial charge on any atom is -0.492 e. The second-order valence-electron chi connectivity index (χ2n) is 6.71. The van der Waals surface area contributed by atoms with E-state index >= 15 is 0 Å². The zero-order valence-corrected chi connectivity index (χ0v) is 16.2. The molecule has 5 nitrogen and oxygen atoms in total. The van der Waals surface area contributed by atoms with Crippen molar-refractivity contribution < 1.29 is 14.3 Å². The molecule has 2 aromatic carbocycles. The van der Waals surface area contributed by atoms with Crippen molar-refractivity contribution in [3.8, 4) is 5.75 Å². The molecular formula is C20H20Cl2N2O3. The van der Waals surface area contributed by atoms with E-state index in [1.54, 1.807) is 12.1 Å². The number of benzene rings is 2. The summed E-state index contributed by atoms with van der Waals surface area (Å²) in [7, 11) is 0. The van der Waals surface area contributed by atoms with E-state index < -0.39 is 0 Å². The number of carbonyl (C=O) groups is 1. The highest BCUT2D eigenvalue weighted by atomic mass is 35.5. The maximum absolute atomic E-state index is 12.9. The number of morpholine rings is 1. The normalized spacial score (nSPS) is 19.2. The van der Waals surface area contributed by atoms with Crippen LogP contribution in [-0.2, 0) is 16.0 Å². The maximum Gasteiger partial charge on any atom is 0.231 e. The lowest BCUT2D eigenvalue weighted by Gasteiger charge is -2.31. The van der Waals surface area contributed by atoms with Gasteiger partial charge in [0.05, 0.1) is 30.5 Å². The molecular weight excluding hydrogens is 387 g/mol. The van der Waals surface area contributed by atoms with Crippen LogP contribution in [0.25, 0.3) is 0 Å². The number of carbonyl (C=O) groups excluding carboxylic acids is 1. The minimum absolute atomic E-state index is 0.0857. The highest BCUT2D eigenvalue weighted by molar-refractivity contribution is 6.31. The number of ether oxygens (including phenoxy) is 2. The standard InChI is InChI=1S/C20H20Cl2N2O3/c21-15-2-4-19-13(10-15)9-14(12-27-19)20(25)23-17-11-16(22)1-3-18(17)24-5-7-26-8-6-24/h1-4,10-11,14H,5-9,12H2,(H,23,25). The van der Waals surface area contributed by atoms with E-state index in [-0.39, 0.29) is 11.8 Å². The first kappa shape index (κ1) is 18.4. The largest absolute Gasteiger partial charge is 0.492 e. The third-order valence-electron chi connectivity index (χ3n) is 4.87. The van der Waals surface area contributed by atoms with Crippen LogP contribution >= 0.6 is 23.2 Å². The van der Waals surface area contributed by atoms with Gasteiger partial charge in [-0.3, -0.25) is 4.79 Å². The third-order valence-corrected chi connectivity index (χ3v) is 5.34. The average Bonchev–Trinajstić information content (AvgIpc) is 2.68. The van der Waals surface area contributed by atoms with Crippen LogP contribution in [0.3, 0.4) is 0 Å². The van der Waals surface area contributed by atoms with Crippen LogP contribution in [0, 0.1) is 5.92 Å². The molecule has 2 aliphatic rings. The van der Waals surface area contributed by atoms with Crippen LogP contribution in [0.2, 0.25) is 10.0 Å². The number of hydrogen-bond acceptors (Lipinski definition) is 4. The number of nitrogens with one attached hydrogen (secondary N) is 1. The predicted molar refractivity (Wildman–Crippen MR) is 107 cm³/mol. The Hall–Kier alpha value is -1.95. The maximum atomic E-state index is 12.9. The fraction of sp³-hybridized carbons (Fsp3) is 0.350. The fourth-order valence-electron chi connectivity index (χ4n) is 3.45. The summed E-state index contributed by atoms with van der Waals surface area (Å²) in [4.78, 5) is 15.1. The van der Waals surface area contributed by atoms with Gasteiger partial charge in [0.2, 0.25) is 5.91 Å². The van der Waals surface area contributed by atoms with Crippen molar-refractivity contribution in [2.75, 3.05) is 43.1 Å². The van der Waals surface area contributed by atoms with Crippen LogP contribution in [0.1, 0.15) is 5.56 Å². The summed E-state index contributed by atoms with van der Waals surface area (Å²) in [6.45, 7) is 3.24. The second kappa shape index (κ2) is 7.97. The summed E-state index contributed by atoms with van der Waals surface area (Å²) in [6, 6.07) is 11.1. The molecule has 2 heterocycles. The van der Waals surface area contributed by atoms with Gasteiger partial charge in [0.15, 0.2) is 0 Å². The molecule has 1 N–H and O–H groups in total. The molecule has 142 valence electrons. The first-order chi connectivity index (χ1) is 13.1. The monoisotopic (exact) mass is 406 g/mol. The van der Waals surface area contributed by atoms with Crippen molar-refractivity contribution in [2.45, 2.75) is 6.42 Å². The fourth-order valence-corrected chi connectivity index (χ4v) is 3.82. The SMILES string of the molecule is O=C(Nc1cc(Cl)ccc1N1CCOCC1)C1COc2ccc(Cl)cc2C1. The quantitative estimate of drug-likeness (QED) is 0.835. The highest BCUT2D eigenvalue weighted by Crippen LogP contribution is 2.33. The lowest BCUT2D eigenvalue weighted by molar-refractivity contribution is -0.121. The topological polar surface area (TPSA) is 50.8 Å². The van der Waals surface area contributed by atoms with Gasteiger partial charge >= 0.3 is 0 Å². The summed E-state index contributed by atoms with van der Waals surface area (Å²) < 4.78 is 11.2. The lowest BCUT2D eigenvalue weighted by atomic mass is 9.96. The Bertz CT molecular complexity index is 853. The summed E-state index contributed by atoms with van der Waals surface area (Å²) in [5.41, 5.74) is 2.62.